The maximum atomic E-state index is 7.51. The van der Waals surface area contributed by atoms with Gasteiger partial charge < -0.3 is 0 Å². The lowest BCUT2D eigenvalue weighted by molar-refractivity contribution is 1.54. The Morgan fingerprint density at radius 3 is 0.562 bits per heavy atom. The highest BCUT2D eigenvalue weighted by Gasteiger charge is 1.35. The number of hydrogen-bond acceptors (Lipinski definition) is 4. The molecule has 0 spiro atoms. The normalized spacial score (nSPS) is 3.75. The third-order valence-corrected chi connectivity index (χ3v) is 0.365. The zero-order valence-electron chi connectivity index (χ0n) is 8.93. The van der Waals surface area contributed by atoms with Crippen LogP contribution in [0, 0.1) is 45.3 Å². The minimum absolute atomic E-state index is 1.18. The Kier molecular flexibility index (Phi) is 84.7. The molecule has 0 aromatic carbocycles. The Labute approximate surface area is 96.6 Å². The first-order chi connectivity index (χ1) is 7.66. The van der Waals surface area contributed by atoms with Gasteiger partial charge in [-0.05, 0) is 0 Å². The molecule has 4 heteroatoms. The molecule has 0 amide bonds. The van der Waals surface area contributed by atoms with Crippen molar-refractivity contribution in [1.29, 1.82) is 21.0 Å². The van der Waals surface area contributed by atoms with Gasteiger partial charge in [0.05, 0.1) is 24.3 Å². The molecule has 16 heavy (non-hydrogen) atoms. The van der Waals surface area contributed by atoms with Gasteiger partial charge in [-0.3, -0.25) is 0 Å². The molecule has 0 atom stereocenters. The molecule has 0 unspecified atom stereocenters. The average Bonchev–Trinajstić information content (AvgIpc) is 2.39. The van der Waals surface area contributed by atoms with Crippen molar-refractivity contribution < 1.29 is 0 Å². The maximum Gasteiger partial charge on any atom is 0.0905 e. The third-order valence-electron chi connectivity index (χ3n) is 0.365. The summed E-state index contributed by atoms with van der Waals surface area (Å²) in [5.74, 6) is 0. The lowest BCUT2D eigenvalue weighted by Crippen LogP contribution is -1.23. The molecular weight excluding hydrogens is 200 g/mol. The Balaban J connectivity index is -0.0000000600. The molecule has 4 nitrogen and oxygen atoms in total. The van der Waals surface area contributed by atoms with E-state index in [0.717, 1.165) is 0 Å². The van der Waals surface area contributed by atoms with E-state index in [0.29, 0.717) is 0 Å². The predicted octanol–water partition coefficient (Wildman–Crippen LogP) is 2.78. The van der Waals surface area contributed by atoms with Gasteiger partial charge in [0, 0.05) is 24.3 Å². The van der Waals surface area contributed by atoms with Gasteiger partial charge in [-0.1, -0.05) is 26.3 Å². The summed E-state index contributed by atoms with van der Waals surface area (Å²) < 4.78 is 0. The van der Waals surface area contributed by atoms with E-state index >= 15 is 0 Å². The van der Waals surface area contributed by atoms with Crippen molar-refractivity contribution in [3.05, 3.63) is 50.6 Å². The van der Waals surface area contributed by atoms with Crippen molar-refractivity contribution in [3.63, 3.8) is 0 Å². The largest absolute Gasteiger partial charge is 0.193 e. The van der Waals surface area contributed by atoms with Crippen LogP contribution >= 0.6 is 0 Å². The number of rotatable bonds is 0. The monoisotopic (exact) mass is 212 g/mol. The van der Waals surface area contributed by atoms with Crippen LogP contribution < -0.4 is 0 Å². The number of nitrogens with zero attached hydrogens (tertiary/aromatic N) is 4. The maximum absolute atomic E-state index is 7.51. The first kappa shape index (κ1) is 23.1. The predicted molar refractivity (Wildman–Crippen MR) is 63.2 cm³/mol. The highest BCUT2D eigenvalue weighted by Crippen LogP contribution is 1.42. The summed E-state index contributed by atoms with van der Waals surface area (Å²) in [5.41, 5.74) is 0. The molecule has 0 bridgehead atoms. The highest BCUT2D eigenvalue weighted by molar-refractivity contribution is 4.94. The molecular formula is C12H12N4. The van der Waals surface area contributed by atoms with Gasteiger partial charge in [-0.15, -0.1) is 0 Å². The summed E-state index contributed by atoms with van der Waals surface area (Å²) in [6.07, 6.45) is 4.72. The molecule has 0 aliphatic carbocycles. The van der Waals surface area contributed by atoms with Crippen molar-refractivity contribution in [1.82, 2.24) is 0 Å². The van der Waals surface area contributed by atoms with Crippen LogP contribution in [0.1, 0.15) is 0 Å². The zero-order valence-corrected chi connectivity index (χ0v) is 8.93. The molecule has 0 fully saturated rings. The van der Waals surface area contributed by atoms with Crippen LogP contribution in [-0.4, -0.2) is 0 Å². The van der Waals surface area contributed by atoms with Crippen molar-refractivity contribution in [2.75, 3.05) is 0 Å². The standard InChI is InChI=1S/4C3H3N/c4*1-2-3-4/h4*2H,1H2. The Morgan fingerprint density at radius 2 is 0.562 bits per heavy atom. The molecule has 0 radical (unpaired) electrons. The third kappa shape index (κ3) is 1270. The van der Waals surface area contributed by atoms with Gasteiger partial charge in [0.2, 0.25) is 0 Å². The van der Waals surface area contributed by atoms with E-state index in [4.69, 9.17) is 21.0 Å². The molecule has 0 aliphatic heterocycles. The number of allylic oxidation sites excluding steroid dienone is 4. The van der Waals surface area contributed by atoms with Crippen LogP contribution in [-0.2, 0) is 0 Å². The molecule has 0 aliphatic rings. The Bertz CT molecular complexity index is 267. The summed E-state index contributed by atoms with van der Waals surface area (Å²) in [6, 6.07) is 6.78. The van der Waals surface area contributed by atoms with E-state index in [9.17, 15) is 0 Å². The average molecular weight is 212 g/mol. The fourth-order valence-electron chi connectivity index (χ4n) is 0. The highest BCUT2D eigenvalue weighted by atomic mass is 14.2. The van der Waals surface area contributed by atoms with E-state index in [1.165, 1.54) is 24.3 Å². The summed E-state index contributed by atoms with van der Waals surface area (Å²) in [7, 11) is 0. The second-order valence-corrected chi connectivity index (χ2v) is 1.33. The summed E-state index contributed by atoms with van der Waals surface area (Å²) in [4.78, 5) is 0. The summed E-state index contributed by atoms with van der Waals surface area (Å²) in [6.45, 7) is 12.5. The van der Waals surface area contributed by atoms with Gasteiger partial charge in [-0.25, -0.2) is 0 Å². The SMILES string of the molecule is C=CC#N.C=CC#N.C=CC#N.C=CC#N. The topological polar surface area (TPSA) is 95.2 Å². The second kappa shape index (κ2) is 58.7. The molecule has 0 heterocycles. The van der Waals surface area contributed by atoms with E-state index < -0.39 is 0 Å². The van der Waals surface area contributed by atoms with E-state index in [1.54, 1.807) is 24.3 Å². The van der Waals surface area contributed by atoms with Crippen molar-refractivity contribution in [2.45, 2.75) is 0 Å². The smallest absolute Gasteiger partial charge is 0.0905 e. The lowest BCUT2D eigenvalue weighted by atomic mass is 10.8. The first-order valence-corrected chi connectivity index (χ1v) is 3.68. The van der Waals surface area contributed by atoms with Crippen molar-refractivity contribution in [2.24, 2.45) is 0 Å². The van der Waals surface area contributed by atoms with E-state index in [1.807, 2.05) is 0 Å². The lowest BCUT2D eigenvalue weighted by Gasteiger charge is -1.31. The fourth-order valence-corrected chi connectivity index (χ4v) is 0. The Hall–Kier alpha value is -3.08. The Morgan fingerprint density at radius 1 is 0.500 bits per heavy atom. The molecule has 0 saturated heterocycles. The molecule has 80 valence electrons. The number of hydrogen-bond donors (Lipinski definition) is 0. The quantitative estimate of drug-likeness (QED) is 0.577. The van der Waals surface area contributed by atoms with Gasteiger partial charge in [0.15, 0.2) is 0 Å². The molecule has 0 saturated carbocycles. The van der Waals surface area contributed by atoms with Gasteiger partial charge in [-0.2, -0.15) is 21.0 Å². The van der Waals surface area contributed by atoms with E-state index in [2.05, 4.69) is 26.3 Å². The van der Waals surface area contributed by atoms with E-state index in [-0.39, 0.29) is 0 Å². The van der Waals surface area contributed by atoms with Crippen LogP contribution in [0.4, 0.5) is 0 Å². The van der Waals surface area contributed by atoms with Crippen LogP contribution in [0.25, 0.3) is 0 Å². The van der Waals surface area contributed by atoms with Crippen molar-refractivity contribution >= 4 is 0 Å². The summed E-state index contributed by atoms with van der Waals surface area (Å²) in [5, 5.41) is 30.0. The van der Waals surface area contributed by atoms with Crippen LogP contribution in [0.5, 0.6) is 0 Å². The van der Waals surface area contributed by atoms with Crippen LogP contribution in [0.15, 0.2) is 50.6 Å². The van der Waals surface area contributed by atoms with Gasteiger partial charge >= 0.3 is 0 Å². The van der Waals surface area contributed by atoms with Gasteiger partial charge in [0.25, 0.3) is 0 Å². The van der Waals surface area contributed by atoms with Crippen molar-refractivity contribution in [3.8, 4) is 24.3 Å². The summed E-state index contributed by atoms with van der Waals surface area (Å²) >= 11 is 0. The molecule has 0 rings (SSSR count). The molecule has 0 aromatic heterocycles. The molecule has 0 aromatic rings. The fraction of sp³-hybridized carbons (Fsp3) is 0. The number of nitriles is 4. The first-order valence-electron chi connectivity index (χ1n) is 3.68. The van der Waals surface area contributed by atoms with Crippen LogP contribution in [0.3, 0.4) is 0 Å². The molecule has 0 N–H and O–H groups in total. The minimum atomic E-state index is 1.18. The second-order valence-electron chi connectivity index (χ2n) is 1.33. The zero-order chi connectivity index (χ0) is 13.7. The van der Waals surface area contributed by atoms with Crippen LogP contribution in [0.2, 0.25) is 0 Å². The van der Waals surface area contributed by atoms with Gasteiger partial charge in [0.1, 0.15) is 0 Å². The minimum Gasteiger partial charge on any atom is -0.193 e.